The maximum atomic E-state index is 5.58. The first-order valence-electron chi connectivity index (χ1n) is 8.93. The van der Waals surface area contributed by atoms with Crippen LogP contribution in [0.2, 0.25) is 0 Å². The van der Waals surface area contributed by atoms with Crippen molar-refractivity contribution in [1.82, 2.24) is 24.5 Å². The van der Waals surface area contributed by atoms with E-state index in [-0.39, 0.29) is 0 Å². The first kappa shape index (κ1) is 19.1. The average Bonchev–Trinajstić information content (AvgIpc) is 3.14. The zero-order valence-electron chi connectivity index (χ0n) is 16.5. The van der Waals surface area contributed by atoms with E-state index >= 15 is 0 Å². The highest BCUT2D eigenvalue weighted by atomic mass is 32.1. The Morgan fingerprint density at radius 2 is 1.81 bits per heavy atom. The molecule has 0 amide bonds. The molecule has 1 N–H and O–H groups in total. The van der Waals surface area contributed by atoms with Crippen molar-refractivity contribution in [3.63, 3.8) is 0 Å². The highest BCUT2D eigenvalue weighted by molar-refractivity contribution is 7.80. The molecule has 0 aliphatic rings. The Balaban J connectivity index is 1.70. The quantitative estimate of drug-likeness (QED) is 0.685. The SMILES string of the molecule is Cc1ccc(Cn2nc(C)c(NC(=S)N(C)Cc3ccn(C)n3)c2C)cc1. The van der Waals surface area contributed by atoms with Crippen LogP contribution in [0.4, 0.5) is 5.69 Å². The van der Waals surface area contributed by atoms with Crippen molar-refractivity contribution in [2.75, 3.05) is 12.4 Å². The molecule has 0 spiro atoms. The normalized spacial score (nSPS) is 10.9. The predicted molar refractivity (Wildman–Crippen MR) is 113 cm³/mol. The number of nitrogens with one attached hydrogen (secondary N) is 1. The summed E-state index contributed by atoms with van der Waals surface area (Å²) < 4.78 is 3.81. The van der Waals surface area contributed by atoms with E-state index < -0.39 is 0 Å². The van der Waals surface area contributed by atoms with Gasteiger partial charge >= 0.3 is 0 Å². The topological polar surface area (TPSA) is 50.9 Å². The summed E-state index contributed by atoms with van der Waals surface area (Å²) in [6, 6.07) is 10.5. The minimum Gasteiger partial charge on any atom is -0.346 e. The molecule has 0 saturated carbocycles. The van der Waals surface area contributed by atoms with Crippen LogP contribution in [0.25, 0.3) is 0 Å². The number of hydrogen-bond acceptors (Lipinski definition) is 3. The van der Waals surface area contributed by atoms with Crippen LogP contribution in [0.15, 0.2) is 36.5 Å². The van der Waals surface area contributed by atoms with Crippen molar-refractivity contribution in [3.05, 3.63) is 64.7 Å². The third-order valence-corrected chi connectivity index (χ3v) is 4.99. The Hall–Kier alpha value is -2.67. The van der Waals surface area contributed by atoms with Crippen LogP contribution in [0.1, 0.15) is 28.2 Å². The molecule has 0 radical (unpaired) electrons. The third kappa shape index (κ3) is 4.54. The van der Waals surface area contributed by atoms with Crippen molar-refractivity contribution >= 4 is 23.0 Å². The van der Waals surface area contributed by atoms with E-state index in [4.69, 9.17) is 12.2 Å². The monoisotopic (exact) mass is 382 g/mol. The van der Waals surface area contributed by atoms with E-state index in [2.05, 4.69) is 53.6 Å². The summed E-state index contributed by atoms with van der Waals surface area (Å²) in [5, 5.41) is 13.1. The number of anilines is 1. The first-order chi connectivity index (χ1) is 12.8. The van der Waals surface area contributed by atoms with Crippen molar-refractivity contribution in [1.29, 1.82) is 0 Å². The molecule has 0 aliphatic heterocycles. The summed E-state index contributed by atoms with van der Waals surface area (Å²) in [4.78, 5) is 1.98. The second kappa shape index (κ2) is 7.92. The Kier molecular flexibility index (Phi) is 5.60. The van der Waals surface area contributed by atoms with Gasteiger partial charge in [0.05, 0.1) is 35.9 Å². The van der Waals surface area contributed by atoms with Crippen LogP contribution in [0.5, 0.6) is 0 Å². The Bertz CT molecular complexity index is 938. The number of aromatic nitrogens is 4. The van der Waals surface area contributed by atoms with Gasteiger partial charge in [-0.25, -0.2) is 0 Å². The lowest BCUT2D eigenvalue weighted by Crippen LogP contribution is -2.31. The molecule has 0 fully saturated rings. The molecule has 142 valence electrons. The van der Waals surface area contributed by atoms with E-state index in [0.29, 0.717) is 11.7 Å². The van der Waals surface area contributed by atoms with Crippen LogP contribution in [-0.4, -0.2) is 36.6 Å². The van der Waals surface area contributed by atoms with Gasteiger partial charge in [-0.05, 0) is 44.6 Å². The summed E-state index contributed by atoms with van der Waals surface area (Å²) in [5.74, 6) is 0. The van der Waals surface area contributed by atoms with E-state index in [1.54, 1.807) is 4.68 Å². The van der Waals surface area contributed by atoms with E-state index in [1.165, 1.54) is 11.1 Å². The van der Waals surface area contributed by atoms with Crippen LogP contribution >= 0.6 is 12.2 Å². The molecular formula is C20H26N6S. The van der Waals surface area contributed by atoms with Crippen molar-refractivity contribution in [3.8, 4) is 0 Å². The third-order valence-electron chi connectivity index (χ3n) is 4.58. The minimum atomic E-state index is 0.654. The number of hydrogen-bond donors (Lipinski definition) is 1. The molecule has 6 nitrogen and oxygen atoms in total. The lowest BCUT2D eigenvalue weighted by molar-refractivity contribution is 0.495. The fraction of sp³-hybridized carbons (Fsp3) is 0.350. The summed E-state index contributed by atoms with van der Waals surface area (Å²) in [7, 11) is 3.88. The highest BCUT2D eigenvalue weighted by Crippen LogP contribution is 2.21. The van der Waals surface area contributed by atoms with Crippen LogP contribution in [0.3, 0.4) is 0 Å². The molecule has 0 bridgehead atoms. The van der Waals surface area contributed by atoms with Gasteiger partial charge in [0.15, 0.2) is 5.11 Å². The van der Waals surface area contributed by atoms with Gasteiger partial charge in [-0.15, -0.1) is 0 Å². The van der Waals surface area contributed by atoms with Crippen molar-refractivity contribution in [2.24, 2.45) is 7.05 Å². The second-order valence-electron chi connectivity index (χ2n) is 6.96. The predicted octanol–water partition coefficient (Wildman–Crippen LogP) is 3.42. The molecule has 1 aromatic carbocycles. The number of rotatable bonds is 5. The van der Waals surface area contributed by atoms with Gasteiger partial charge in [0.25, 0.3) is 0 Å². The van der Waals surface area contributed by atoms with Crippen LogP contribution in [-0.2, 0) is 20.1 Å². The molecule has 7 heteroatoms. The van der Waals surface area contributed by atoms with Gasteiger partial charge in [0, 0.05) is 20.3 Å². The van der Waals surface area contributed by atoms with Crippen molar-refractivity contribution < 1.29 is 0 Å². The first-order valence-corrected chi connectivity index (χ1v) is 9.34. The maximum Gasteiger partial charge on any atom is 0.173 e. The molecule has 27 heavy (non-hydrogen) atoms. The van der Waals surface area contributed by atoms with Crippen molar-refractivity contribution in [2.45, 2.75) is 33.9 Å². The Morgan fingerprint density at radius 1 is 1.11 bits per heavy atom. The Labute approximate surface area is 165 Å². The molecule has 0 aliphatic carbocycles. The second-order valence-corrected chi connectivity index (χ2v) is 7.34. The minimum absolute atomic E-state index is 0.654. The highest BCUT2D eigenvalue weighted by Gasteiger charge is 2.15. The van der Waals surface area contributed by atoms with Gasteiger partial charge in [0.2, 0.25) is 0 Å². The molecule has 2 aromatic heterocycles. The fourth-order valence-corrected chi connectivity index (χ4v) is 3.13. The van der Waals surface area contributed by atoms with Crippen LogP contribution in [0, 0.1) is 20.8 Å². The summed E-state index contributed by atoms with van der Waals surface area (Å²) in [6.45, 7) is 7.56. The van der Waals surface area contributed by atoms with Gasteiger partial charge in [-0.3, -0.25) is 9.36 Å². The zero-order chi connectivity index (χ0) is 19.6. The number of nitrogens with zero attached hydrogens (tertiary/aromatic N) is 5. The number of benzene rings is 1. The number of aryl methyl sites for hydroxylation is 3. The molecule has 0 saturated heterocycles. The summed E-state index contributed by atoms with van der Waals surface area (Å²) >= 11 is 5.58. The lowest BCUT2D eigenvalue weighted by Gasteiger charge is -2.20. The number of thiocarbonyl (C=S) groups is 1. The van der Waals surface area contributed by atoms with Gasteiger partial charge in [-0.2, -0.15) is 10.2 Å². The zero-order valence-corrected chi connectivity index (χ0v) is 17.3. The smallest absolute Gasteiger partial charge is 0.173 e. The fourth-order valence-electron chi connectivity index (χ4n) is 2.96. The van der Waals surface area contributed by atoms with Gasteiger partial charge in [0.1, 0.15) is 0 Å². The molecule has 2 heterocycles. The van der Waals surface area contributed by atoms with E-state index in [9.17, 15) is 0 Å². The van der Waals surface area contributed by atoms with Gasteiger partial charge in [-0.1, -0.05) is 29.8 Å². The Morgan fingerprint density at radius 3 is 2.44 bits per heavy atom. The van der Waals surface area contributed by atoms with Crippen LogP contribution < -0.4 is 5.32 Å². The molecule has 3 aromatic rings. The lowest BCUT2D eigenvalue weighted by atomic mass is 10.1. The molecule has 3 rings (SSSR count). The molecule has 0 atom stereocenters. The van der Waals surface area contributed by atoms with Gasteiger partial charge < -0.3 is 10.2 Å². The van der Waals surface area contributed by atoms with E-state index in [0.717, 1.165) is 29.3 Å². The average molecular weight is 383 g/mol. The summed E-state index contributed by atoms with van der Waals surface area (Å²) in [5.41, 5.74) is 6.45. The standard InChI is InChI=1S/C20H26N6S/c1-14-6-8-17(9-7-14)12-26-16(3)19(15(2)22-26)21-20(27)24(4)13-18-10-11-25(5)23-18/h6-11H,12-13H2,1-5H3,(H,21,27). The van der Waals surface area contributed by atoms with E-state index in [1.807, 2.05) is 42.9 Å². The molecular weight excluding hydrogens is 356 g/mol. The largest absolute Gasteiger partial charge is 0.346 e. The molecule has 0 unspecified atom stereocenters. The maximum absolute atomic E-state index is 5.58. The summed E-state index contributed by atoms with van der Waals surface area (Å²) in [6.07, 6.45) is 1.93.